The Balaban J connectivity index is 1.50. The predicted octanol–water partition coefficient (Wildman–Crippen LogP) is 5.19. The van der Waals surface area contributed by atoms with Crippen molar-refractivity contribution in [2.75, 3.05) is 22.5 Å². The van der Waals surface area contributed by atoms with Crippen molar-refractivity contribution in [3.8, 4) is 0 Å². The van der Waals surface area contributed by atoms with E-state index in [-0.39, 0.29) is 27.8 Å². The van der Waals surface area contributed by atoms with E-state index in [9.17, 15) is 22.8 Å². The maximum atomic E-state index is 13.2. The van der Waals surface area contributed by atoms with Crippen LogP contribution in [0, 0.1) is 0 Å². The van der Waals surface area contributed by atoms with Gasteiger partial charge in [-0.25, -0.2) is 13.3 Å². The Kier molecular flexibility index (Phi) is 7.85. The van der Waals surface area contributed by atoms with Gasteiger partial charge in [0.2, 0.25) is 5.91 Å². The quantitative estimate of drug-likeness (QED) is 0.359. The number of benzene rings is 2. The minimum Gasteiger partial charge on any atom is -0.385 e. The smallest absolute Gasteiger partial charge is 0.265 e. The van der Waals surface area contributed by atoms with Crippen molar-refractivity contribution in [3.05, 3.63) is 74.6 Å². The Morgan fingerprint density at radius 3 is 2.53 bits per heavy atom. The maximum Gasteiger partial charge on any atom is 0.265 e. The molecule has 0 bridgehead atoms. The first-order chi connectivity index (χ1) is 17.1. The topological polar surface area (TPSA) is 101 Å². The van der Waals surface area contributed by atoms with E-state index in [2.05, 4.69) is 5.32 Å². The summed E-state index contributed by atoms with van der Waals surface area (Å²) in [6.45, 7) is 2.83. The van der Waals surface area contributed by atoms with Gasteiger partial charge in [-0.1, -0.05) is 36.2 Å². The number of nitrogens with one attached hydrogen (secondary N) is 1. The molecule has 0 fully saturated rings. The fourth-order valence-corrected chi connectivity index (χ4v) is 7.01. The number of hydrogen-bond acceptors (Lipinski definition) is 7. The zero-order chi connectivity index (χ0) is 26.0. The minimum absolute atomic E-state index is 0.0323. The molecule has 1 aliphatic rings. The van der Waals surface area contributed by atoms with Crippen molar-refractivity contribution in [2.45, 2.75) is 30.4 Å². The third kappa shape index (κ3) is 5.64. The summed E-state index contributed by atoms with van der Waals surface area (Å²) in [5.74, 6) is -2.07. The molecule has 1 aromatic heterocycles. The number of hydrogen-bond donors (Lipinski definition) is 1. The summed E-state index contributed by atoms with van der Waals surface area (Å²) in [4.78, 5) is 39.6. The van der Waals surface area contributed by atoms with Crippen molar-refractivity contribution in [3.63, 3.8) is 0 Å². The second-order valence-corrected chi connectivity index (χ2v) is 12.7. The van der Waals surface area contributed by atoms with Crippen LogP contribution in [0.4, 0.5) is 11.4 Å². The van der Waals surface area contributed by atoms with Gasteiger partial charge in [-0.2, -0.15) is 0 Å². The van der Waals surface area contributed by atoms with Crippen LogP contribution in [0.2, 0.25) is 9.36 Å². The number of fused-ring (bicyclic) bond motifs is 1. The van der Waals surface area contributed by atoms with Crippen LogP contribution in [0.5, 0.6) is 0 Å². The van der Waals surface area contributed by atoms with Crippen LogP contribution >= 0.6 is 34.5 Å². The molecule has 7 nitrogen and oxygen atoms in total. The number of carbonyl (C=O) groups is 3. The van der Waals surface area contributed by atoms with Gasteiger partial charge in [0, 0.05) is 24.2 Å². The van der Waals surface area contributed by atoms with Crippen LogP contribution in [0.25, 0.3) is 0 Å². The van der Waals surface area contributed by atoms with Gasteiger partial charge in [-0.05, 0) is 60.0 Å². The lowest BCUT2D eigenvalue weighted by Gasteiger charge is -2.28. The molecule has 2 amide bonds. The summed E-state index contributed by atoms with van der Waals surface area (Å²) < 4.78 is 25.2. The highest BCUT2D eigenvalue weighted by atomic mass is 35.5. The standard InChI is InChI=1S/C25H22Cl2N2O5S2/c1-2-9-28-17-4-5-19-16(12-17)13-23(31)29(25(19)32)21-6-3-15(11-20(21)26)10-18(30)14-36(33,34)24-8-7-22(27)35-24/h3-8,11-12,28H,2,9-10,13-14H2,1H3. The summed E-state index contributed by atoms with van der Waals surface area (Å²) in [5.41, 5.74) is 2.60. The van der Waals surface area contributed by atoms with Crippen LogP contribution < -0.4 is 10.2 Å². The Bertz CT molecular complexity index is 1470. The number of carbonyl (C=O) groups excluding carboxylic acids is 3. The van der Waals surface area contributed by atoms with E-state index in [0.29, 0.717) is 21.0 Å². The summed E-state index contributed by atoms with van der Waals surface area (Å²) in [7, 11) is -3.80. The van der Waals surface area contributed by atoms with Crippen LogP contribution in [0.15, 0.2) is 52.7 Å². The van der Waals surface area contributed by atoms with Gasteiger partial charge in [-0.3, -0.25) is 14.4 Å². The molecule has 188 valence electrons. The van der Waals surface area contributed by atoms with Crippen LogP contribution in [-0.2, 0) is 32.3 Å². The van der Waals surface area contributed by atoms with Crippen LogP contribution in [0.1, 0.15) is 34.8 Å². The van der Waals surface area contributed by atoms with Crippen molar-refractivity contribution < 1.29 is 22.8 Å². The number of nitrogens with zero attached hydrogens (tertiary/aromatic N) is 1. The van der Waals surface area contributed by atoms with Gasteiger partial charge < -0.3 is 5.32 Å². The zero-order valence-electron chi connectivity index (χ0n) is 19.2. The van der Waals surface area contributed by atoms with E-state index in [1.165, 1.54) is 24.3 Å². The van der Waals surface area contributed by atoms with Gasteiger partial charge in [0.25, 0.3) is 5.91 Å². The number of thiophene rings is 1. The van der Waals surface area contributed by atoms with E-state index in [1.54, 1.807) is 18.2 Å². The maximum absolute atomic E-state index is 13.2. The van der Waals surface area contributed by atoms with Crippen LogP contribution in [0.3, 0.4) is 0 Å². The SMILES string of the molecule is CCCNc1ccc2c(c1)CC(=O)N(c1ccc(CC(=O)CS(=O)(=O)c3ccc(Cl)s3)cc1Cl)C2=O. The first-order valence-corrected chi connectivity index (χ1v) is 14.3. The Hall–Kier alpha value is -2.72. The fourth-order valence-electron chi connectivity index (χ4n) is 3.92. The van der Waals surface area contributed by atoms with E-state index in [0.717, 1.165) is 34.9 Å². The number of anilines is 2. The molecule has 0 saturated carbocycles. The summed E-state index contributed by atoms with van der Waals surface area (Å²) in [5, 5.41) is 3.36. The highest BCUT2D eigenvalue weighted by Crippen LogP contribution is 2.33. The van der Waals surface area contributed by atoms with E-state index >= 15 is 0 Å². The first-order valence-electron chi connectivity index (χ1n) is 11.1. The lowest BCUT2D eigenvalue weighted by atomic mass is 9.97. The van der Waals surface area contributed by atoms with Gasteiger partial charge >= 0.3 is 0 Å². The number of sulfone groups is 1. The minimum atomic E-state index is -3.80. The van der Waals surface area contributed by atoms with Crippen molar-refractivity contribution >= 4 is 73.3 Å². The lowest BCUT2D eigenvalue weighted by Crippen LogP contribution is -2.42. The average Bonchev–Trinajstić information content (AvgIpc) is 3.26. The second kappa shape index (κ2) is 10.7. The highest BCUT2D eigenvalue weighted by Gasteiger charge is 2.33. The number of ketones is 1. The molecule has 0 aliphatic carbocycles. The molecule has 1 N–H and O–H groups in total. The molecule has 0 saturated heterocycles. The van der Waals surface area contributed by atoms with Gasteiger partial charge in [0.15, 0.2) is 15.6 Å². The molecule has 0 spiro atoms. The number of amides is 2. The van der Waals surface area contributed by atoms with Crippen molar-refractivity contribution in [2.24, 2.45) is 0 Å². The zero-order valence-corrected chi connectivity index (χ0v) is 22.4. The summed E-state index contributed by atoms with van der Waals surface area (Å²) in [6, 6.07) is 12.7. The van der Waals surface area contributed by atoms with Gasteiger partial charge in [0.1, 0.15) is 9.96 Å². The van der Waals surface area contributed by atoms with Crippen molar-refractivity contribution in [1.29, 1.82) is 0 Å². The Morgan fingerprint density at radius 1 is 1.08 bits per heavy atom. The van der Waals surface area contributed by atoms with Gasteiger partial charge in [0.05, 0.1) is 21.5 Å². The second-order valence-electron chi connectivity index (χ2n) is 8.33. The Labute approximate surface area is 222 Å². The van der Waals surface area contributed by atoms with E-state index < -0.39 is 33.2 Å². The molecule has 0 radical (unpaired) electrons. The third-order valence-electron chi connectivity index (χ3n) is 5.57. The molecule has 11 heteroatoms. The number of imide groups is 1. The van der Waals surface area contributed by atoms with Crippen LogP contribution in [-0.4, -0.2) is 38.3 Å². The third-order valence-corrected chi connectivity index (χ3v) is 9.36. The molecular formula is C25H22Cl2N2O5S2. The largest absolute Gasteiger partial charge is 0.385 e. The number of halogens is 2. The molecule has 36 heavy (non-hydrogen) atoms. The highest BCUT2D eigenvalue weighted by molar-refractivity contribution is 7.94. The lowest BCUT2D eigenvalue weighted by molar-refractivity contribution is -0.118. The summed E-state index contributed by atoms with van der Waals surface area (Å²) in [6.07, 6.45) is 0.822. The number of rotatable bonds is 9. The van der Waals surface area contributed by atoms with E-state index in [1.807, 2.05) is 13.0 Å². The van der Waals surface area contributed by atoms with E-state index in [4.69, 9.17) is 23.2 Å². The van der Waals surface area contributed by atoms with Crippen molar-refractivity contribution in [1.82, 2.24) is 0 Å². The number of Topliss-reactive ketones (excluding diaryl/α,β-unsaturated/α-hetero) is 1. The molecular weight excluding hydrogens is 543 g/mol. The molecule has 1 aliphatic heterocycles. The molecule has 4 rings (SSSR count). The fraction of sp³-hybridized carbons (Fsp3) is 0.240. The molecule has 3 aromatic rings. The van der Waals surface area contributed by atoms with Gasteiger partial charge in [-0.15, -0.1) is 11.3 Å². The normalized spacial score (nSPS) is 13.6. The molecule has 0 atom stereocenters. The predicted molar refractivity (Wildman–Crippen MR) is 142 cm³/mol. The molecule has 2 heterocycles. The Morgan fingerprint density at radius 2 is 1.86 bits per heavy atom. The molecule has 2 aromatic carbocycles. The monoisotopic (exact) mass is 564 g/mol. The molecule has 0 unspecified atom stereocenters. The average molecular weight is 566 g/mol. The summed E-state index contributed by atoms with van der Waals surface area (Å²) >= 11 is 13.1. The first kappa shape index (κ1) is 26.3.